The number of aliphatic hydroxyl groups is 1. The average molecular weight is 405 g/mol. The van der Waals surface area contributed by atoms with E-state index in [-0.39, 0.29) is 23.0 Å². The van der Waals surface area contributed by atoms with Crippen LogP contribution < -0.4 is 10.6 Å². The highest BCUT2D eigenvalue weighted by Crippen LogP contribution is 2.42. The van der Waals surface area contributed by atoms with Crippen molar-refractivity contribution in [2.45, 2.75) is 45.0 Å². The molecule has 0 bridgehead atoms. The van der Waals surface area contributed by atoms with Gasteiger partial charge in [-0.2, -0.15) is 23.4 Å². The molecule has 0 spiro atoms. The van der Waals surface area contributed by atoms with Crippen LogP contribution in [0.25, 0.3) is 0 Å². The molecule has 1 aromatic carbocycles. The fourth-order valence-corrected chi connectivity index (χ4v) is 3.19. The van der Waals surface area contributed by atoms with Gasteiger partial charge >= 0.3 is 6.18 Å². The molecular weight excluding hydrogens is 383 g/mol. The van der Waals surface area contributed by atoms with Crippen LogP contribution in [0.5, 0.6) is 0 Å². The van der Waals surface area contributed by atoms with E-state index >= 15 is 0 Å². The summed E-state index contributed by atoms with van der Waals surface area (Å²) in [6.45, 7) is 4.20. The molecule has 29 heavy (non-hydrogen) atoms. The summed E-state index contributed by atoms with van der Waals surface area (Å²) >= 11 is 0. The van der Waals surface area contributed by atoms with Crippen LogP contribution in [0.3, 0.4) is 0 Å². The first-order valence-corrected chi connectivity index (χ1v) is 9.23. The second-order valence-corrected chi connectivity index (χ2v) is 7.71. The second kappa shape index (κ2) is 7.87. The van der Waals surface area contributed by atoms with Gasteiger partial charge in [-0.05, 0) is 24.5 Å². The number of halogens is 3. The molecule has 1 aliphatic carbocycles. The molecule has 1 fully saturated rings. The summed E-state index contributed by atoms with van der Waals surface area (Å²) in [5.74, 6) is 0.644. The fourth-order valence-electron chi connectivity index (χ4n) is 3.19. The first-order valence-electron chi connectivity index (χ1n) is 9.23. The third-order valence-electron chi connectivity index (χ3n) is 5.39. The topological polar surface area (TPSA) is 93.9 Å². The minimum absolute atomic E-state index is 0.0301. The Bertz CT molecular complexity index is 923. The number of nitrogens with zero attached hydrogens (tertiary/aromatic N) is 3. The molecule has 0 radical (unpaired) electrons. The molecule has 1 aliphatic rings. The molecule has 0 saturated heterocycles. The predicted octanol–water partition coefficient (Wildman–Crippen LogP) is 3.59. The summed E-state index contributed by atoms with van der Waals surface area (Å²) in [7, 11) is 0. The standard InChI is InChI=1S/C20H22F3N5O/c1-19(2)15(9-16(19)29)27-17-13(10-24)11-26-18(28-17)25-7-6-12-4-3-5-14(8-12)20(21,22)23/h3-5,8,11,15-16,29H,6-7,9H2,1-2H3,(H2,25,26,27,28)/t15-,16+/m1/s1. The van der Waals surface area contributed by atoms with Crippen molar-refractivity contribution in [1.29, 1.82) is 5.26 Å². The summed E-state index contributed by atoms with van der Waals surface area (Å²) < 4.78 is 38.4. The third kappa shape index (κ3) is 4.59. The molecule has 0 amide bonds. The minimum atomic E-state index is -4.37. The Labute approximate surface area is 166 Å². The lowest BCUT2D eigenvalue weighted by molar-refractivity contribution is -0.137. The molecule has 3 N–H and O–H groups in total. The molecule has 1 saturated carbocycles. The summed E-state index contributed by atoms with van der Waals surface area (Å²) in [6, 6.07) is 7.18. The molecule has 9 heteroatoms. The highest BCUT2D eigenvalue weighted by Gasteiger charge is 2.47. The number of aliphatic hydroxyl groups excluding tert-OH is 1. The summed E-state index contributed by atoms with van der Waals surface area (Å²) in [5.41, 5.74) is -0.189. The van der Waals surface area contributed by atoms with Crippen LogP contribution in [0.2, 0.25) is 0 Å². The number of hydrogen-bond acceptors (Lipinski definition) is 6. The number of hydrogen-bond donors (Lipinski definition) is 3. The molecule has 1 aromatic heterocycles. The van der Waals surface area contributed by atoms with Crippen LogP contribution in [0.4, 0.5) is 24.9 Å². The molecule has 2 atom stereocenters. The lowest BCUT2D eigenvalue weighted by atomic mass is 9.64. The van der Waals surface area contributed by atoms with Crippen molar-refractivity contribution >= 4 is 11.8 Å². The van der Waals surface area contributed by atoms with Crippen LogP contribution in [0.15, 0.2) is 30.5 Å². The van der Waals surface area contributed by atoms with Gasteiger partial charge in [0.05, 0.1) is 17.9 Å². The lowest BCUT2D eigenvalue weighted by Gasteiger charge is -2.49. The van der Waals surface area contributed by atoms with E-state index in [2.05, 4.69) is 20.6 Å². The molecular formula is C20H22F3N5O. The largest absolute Gasteiger partial charge is 0.416 e. The summed E-state index contributed by atoms with van der Waals surface area (Å²) in [4.78, 5) is 8.41. The van der Waals surface area contributed by atoms with Crippen LogP contribution in [0.1, 0.15) is 37.0 Å². The average Bonchev–Trinajstić information content (AvgIpc) is 2.67. The van der Waals surface area contributed by atoms with Gasteiger partial charge < -0.3 is 15.7 Å². The zero-order chi connectivity index (χ0) is 21.2. The summed E-state index contributed by atoms with van der Waals surface area (Å²) in [5, 5.41) is 25.3. The third-order valence-corrected chi connectivity index (χ3v) is 5.39. The van der Waals surface area contributed by atoms with Crippen molar-refractivity contribution in [2.24, 2.45) is 5.41 Å². The quantitative estimate of drug-likeness (QED) is 0.680. The van der Waals surface area contributed by atoms with Gasteiger partial charge in [-0.3, -0.25) is 0 Å². The number of alkyl halides is 3. The van der Waals surface area contributed by atoms with E-state index in [1.807, 2.05) is 19.9 Å². The van der Waals surface area contributed by atoms with Gasteiger partial charge in [0.15, 0.2) is 0 Å². The monoisotopic (exact) mass is 405 g/mol. The van der Waals surface area contributed by atoms with Gasteiger partial charge in [-0.25, -0.2) is 4.98 Å². The zero-order valence-corrected chi connectivity index (χ0v) is 16.1. The molecule has 0 unspecified atom stereocenters. The normalized spacial score (nSPS) is 20.4. The highest BCUT2D eigenvalue weighted by atomic mass is 19.4. The van der Waals surface area contributed by atoms with Crippen molar-refractivity contribution in [1.82, 2.24) is 9.97 Å². The number of aromatic nitrogens is 2. The van der Waals surface area contributed by atoms with Crippen LogP contribution in [-0.4, -0.2) is 33.8 Å². The Morgan fingerprint density at radius 1 is 1.34 bits per heavy atom. The van der Waals surface area contributed by atoms with Gasteiger partial charge in [-0.1, -0.05) is 32.0 Å². The Kier molecular flexibility index (Phi) is 5.66. The molecule has 6 nitrogen and oxygen atoms in total. The maximum atomic E-state index is 12.8. The van der Waals surface area contributed by atoms with E-state index in [9.17, 15) is 23.5 Å². The van der Waals surface area contributed by atoms with Gasteiger partial charge in [0.2, 0.25) is 5.95 Å². The van der Waals surface area contributed by atoms with Gasteiger partial charge in [0.25, 0.3) is 0 Å². The van der Waals surface area contributed by atoms with E-state index in [0.717, 1.165) is 12.1 Å². The molecule has 1 heterocycles. The Morgan fingerprint density at radius 2 is 2.10 bits per heavy atom. The van der Waals surface area contributed by atoms with E-state index in [1.54, 1.807) is 6.07 Å². The van der Waals surface area contributed by atoms with Crippen molar-refractivity contribution in [3.05, 3.63) is 47.2 Å². The Morgan fingerprint density at radius 3 is 2.72 bits per heavy atom. The zero-order valence-electron chi connectivity index (χ0n) is 16.1. The van der Waals surface area contributed by atoms with Crippen molar-refractivity contribution < 1.29 is 18.3 Å². The van der Waals surface area contributed by atoms with E-state index in [4.69, 9.17) is 0 Å². The smallest absolute Gasteiger partial charge is 0.392 e. The van der Waals surface area contributed by atoms with Gasteiger partial charge in [0.1, 0.15) is 17.5 Å². The second-order valence-electron chi connectivity index (χ2n) is 7.71. The first kappa shape index (κ1) is 20.9. The number of nitrogens with one attached hydrogen (secondary N) is 2. The van der Waals surface area contributed by atoms with Crippen LogP contribution >= 0.6 is 0 Å². The van der Waals surface area contributed by atoms with Crippen LogP contribution in [-0.2, 0) is 12.6 Å². The maximum absolute atomic E-state index is 12.8. The van der Waals surface area contributed by atoms with E-state index in [0.29, 0.717) is 30.8 Å². The Balaban J connectivity index is 1.64. The maximum Gasteiger partial charge on any atom is 0.416 e. The number of anilines is 2. The van der Waals surface area contributed by atoms with Gasteiger partial charge in [0, 0.05) is 18.0 Å². The fraction of sp³-hybridized carbons (Fsp3) is 0.450. The molecule has 2 aromatic rings. The number of nitriles is 1. The van der Waals surface area contributed by atoms with Crippen LogP contribution in [0, 0.1) is 16.7 Å². The minimum Gasteiger partial charge on any atom is -0.392 e. The van der Waals surface area contributed by atoms with E-state index in [1.165, 1.54) is 12.3 Å². The van der Waals surface area contributed by atoms with Crippen molar-refractivity contribution in [2.75, 3.05) is 17.2 Å². The summed E-state index contributed by atoms with van der Waals surface area (Å²) in [6.07, 6.45) is -2.48. The highest BCUT2D eigenvalue weighted by molar-refractivity contribution is 5.54. The van der Waals surface area contributed by atoms with Crippen molar-refractivity contribution in [3.8, 4) is 6.07 Å². The van der Waals surface area contributed by atoms with Crippen molar-refractivity contribution in [3.63, 3.8) is 0 Å². The Hall–Kier alpha value is -2.86. The van der Waals surface area contributed by atoms with E-state index < -0.39 is 17.8 Å². The first-order chi connectivity index (χ1) is 13.6. The number of rotatable bonds is 6. The number of benzene rings is 1. The molecule has 3 rings (SSSR count). The SMILES string of the molecule is CC1(C)[C@@H](O)C[C@H]1Nc1nc(NCCc2cccc(C(F)(F)F)c2)ncc1C#N. The predicted molar refractivity (Wildman–Crippen MR) is 102 cm³/mol. The molecule has 0 aliphatic heterocycles. The molecule has 154 valence electrons. The lowest BCUT2D eigenvalue weighted by Crippen LogP contribution is -2.57. The van der Waals surface area contributed by atoms with Gasteiger partial charge in [-0.15, -0.1) is 0 Å².